The number of hydrogen-bond acceptors (Lipinski definition) is 3. The van der Waals surface area contributed by atoms with E-state index in [2.05, 4.69) is 5.10 Å². The van der Waals surface area contributed by atoms with E-state index < -0.39 is 0 Å². The van der Waals surface area contributed by atoms with Gasteiger partial charge in [0.15, 0.2) is 0 Å². The quantitative estimate of drug-likeness (QED) is 0.799. The van der Waals surface area contributed by atoms with E-state index in [1.54, 1.807) is 7.11 Å². The molecule has 3 rings (SSSR count). The maximum atomic E-state index is 12.2. The minimum atomic E-state index is 0.244. The summed E-state index contributed by atoms with van der Waals surface area (Å²) in [6.45, 7) is 2.11. The summed E-state index contributed by atoms with van der Waals surface area (Å²) >= 11 is 0. The first-order valence-corrected chi connectivity index (χ1v) is 6.49. The molecule has 0 aromatic carbocycles. The average molecular weight is 249 g/mol. The highest BCUT2D eigenvalue weighted by Gasteiger charge is 2.37. The second kappa shape index (κ2) is 4.39. The molecule has 0 spiro atoms. The molecule has 5 nitrogen and oxygen atoms in total. The molecule has 2 heterocycles. The summed E-state index contributed by atoms with van der Waals surface area (Å²) in [5.41, 5.74) is 2.39. The monoisotopic (exact) mass is 249 g/mol. The van der Waals surface area contributed by atoms with Crippen LogP contribution in [0.5, 0.6) is 0 Å². The summed E-state index contributed by atoms with van der Waals surface area (Å²) in [6, 6.07) is 0. The zero-order valence-corrected chi connectivity index (χ0v) is 10.9. The van der Waals surface area contributed by atoms with Crippen LogP contribution in [-0.4, -0.2) is 40.8 Å². The van der Waals surface area contributed by atoms with Gasteiger partial charge in [-0.1, -0.05) is 0 Å². The van der Waals surface area contributed by atoms with Crippen LogP contribution in [0, 0.1) is 5.92 Å². The SMILES string of the molecule is COC[C@@H]1CN(C(=O)C2CC2)Cc2cnn(C)c21. The molecule has 98 valence electrons. The third-order valence-electron chi connectivity index (χ3n) is 3.86. The van der Waals surface area contributed by atoms with Crippen LogP contribution in [0.25, 0.3) is 0 Å². The maximum absolute atomic E-state index is 12.2. The van der Waals surface area contributed by atoms with Gasteiger partial charge in [-0.2, -0.15) is 5.10 Å². The number of fused-ring (bicyclic) bond motifs is 1. The van der Waals surface area contributed by atoms with Gasteiger partial charge in [-0.05, 0) is 12.8 Å². The lowest BCUT2D eigenvalue weighted by molar-refractivity contribution is -0.134. The van der Waals surface area contributed by atoms with Gasteiger partial charge in [-0.15, -0.1) is 0 Å². The minimum Gasteiger partial charge on any atom is -0.384 e. The van der Waals surface area contributed by atoms with Gasteiger partial charge in [0.05, 0.1) is 18.5 Å². The number of amides is 1. The predicted molar refractivity (Wildman–Crippen MR) is 66.0 cm³/mol. The molecule has 1 aliphatic carbocycles. The third-order valence-corrected chi connectivity index (χ3v) is 3.86. The fourth-order valence-electron chi connectivity index (χ4n) is 2.85. The molecule has 1 amide bonds. The van der Waals surface area contributed by atoms with Crippen LogP contribution in [0.2, 0.25) is 0 Å². The van der Waals surface area contributed by atoms with Crippen LogP contribution in [-0.2, 0) is 23.1 Å². The van der Waals surface area contributed by atoms with Gasteiger partial charge in [-0.25, -0.2) is 0 Å². The summed E-state index contributed by atoms with van der Waals surface area (Å²) in [6.07, 6.45) is 4.00. The molecule has 5 heteroatoms. The highest BCUT2D eigenvalue weighted by atomic mass is 16.5. The Kier molecular flexibility index (Phi) is 2.86. The Morgan fingerprint density at radius 3 is 3.00 bits per heavy atom. The lowest BCUT2D eigenvalue weighted by Gasteiger charge is -2.33. The Morgan fingerprint density at radius 2 is 2.33 bits per heavy atom. The first-order valence-electron chi connectivity index (χ1n) is 6.49. The van der Waals surface area contributed by atoms with Gasteiger partial charge in [0.2, 0.25) is 5.91 Å². The van der Waals surface area contributed by atoms with Crippen molar-refractivity contribution in [1.29, 1.82) is 0 Å². The molecule has 0 unspecified atom stereocenters. The first-order chi connectivity index (χ1) is 8.70. The van der Waals surface area contributed by atoms with Crippen molar-refractivity contribution in [2.75, 3.05) is 20.3 Å². The second-order valence-corrected chi connectivity index (χ2v) is 5.32. The topological polar surface area (TPSA) is 47.4 Å². The van der Waals surface area contributed by atoms with Crippen LogP contribution in [0.1, 0.15) is 30.0 Å². The molecule has 0 N–H and O–H groups in total. The summed E-state index contributed by atoms with van der Waals surface area (Å²) in [5.74, 6) is 0.839. The van der Waals surface area contributed by atoms with E-state index in [0.717, 1.165) is 19.4 Å². The minimum absolute atomic E-state index is 0.244. The Balaban J connectivity index is 1.85. The Labute approximate surface area is 107 Å². The summed E-state index contributed by atoms with van der Waals surface area (Å²) < 4.78 is 7.20. The number of carbonyl (C=O) groups is 1. The number of aromatic nitrogens is 2. The smallest absolute Gasteiger partial charge is 0.226 e. The van der Waals surface area contributed by atoms with E-state index in [0.29, 0.717) is 19.1 Å². The van der Waals surface area contributed by atoms with E-state index in [4.69, 9.17) is 4.74 Å². The fraction of sp³-hybridized carbons (Fsp3) is 0.692. The highest BCUT2D eigenvalue weighted by molar-refractivity contribution is 5.81. The number of aryl methyl sites for hydroxylation is 1. The van der Waals surface area contributed by atoms with Crippen molar-refractivity contribution >= 4 is 5.91 Å². The number of carbonyl (C=O) groups excluding carboxylic acids is 1. The van der Waals surface area contributed by atoms with Crippen molar-refractivity contribution in [3.05, 3.63) is 17.5 Å². The number of rotatable bonds is 3. The van der Waals surface area contributed by atoms with E-state index in [9.17, 15) is 4.79 Å². The molecule has 1 aliphatic heterocycles. The van der Waals surface area contributed by atoms with Gasteiger partial charge in [0.1, 0.15) is 0 Å². The van der Waals surface area contributed by atoms with Gasteiger partial charge in [0, 0.05) is 44.6 Å². The number of hydrogen-bond donors (Lipinski definition) is 0. The Morgan fingerprint density at radius 1 is 1.56 bits per heavy atom. The zero-order chi connectivity index (χ0) is 12.7. The maximum Gasteiger partial charge on any atom is 0.226 e. The van der Waals surface area contributed by atoms with Crippen LogP contribution in [0.15, 0.2) is 6.20 Å². The molecule has 0 radical (unpaired) electrons. The third kappa shape index (κ3) is 1.92. The van der Waals surface area contributed by atoms with Crippen molar-refractivity contribution < 1.29 is 9.53 Å². The van der Waals surface area contributed by atoms with Crippen molar-refractivity contribution in [3.8, 4) is 0 Å². The first kappa shape index (κ1) is 11.7. The lowest BCUT2D eigenvalue weighted by Crippen LogP contribution is -2.40. The number of methoxy groups -OCH3 is 1. The normalized spacial score (nSPS) is 23.0. The van der Waals surface area contributed by atoms with Gasteiger partial charge >= 0.3 is 0 Å². The van der Waals surface area contributed by atoms with Gasteiger partial charge in [-0.3, -0.25) is 9.48 Å². The number of ether oxygens (including phenoxy) is 1. The summed E-state index contributed by atoms with van der Waals surface area (Å²) in [5, 5.41) is 4.31. The Hall–Kier alpha value is -1.36. The largest absolute Gasteiger partial charge is 0.384 e. The van der Waals surface area contributed by atoms with Crippen molar-refractivity contribution in [1.82, 2.24) is 14.7 Å². The van der Waals surface area contributed by atoms with Crippen molar-refractivity contribution in [3.63, 3.8) is 0 Å². The van der Waals surface area contributed by atoms with Crippen LogP contribution in [0.4, 0.5) is 0 Å². The molecule has 2 aliphatic rings. The average Bonchev–Trinajstić information content (AvgIpc) is 3.14. The molecular formula is C13H19N3O2. The standard InChI is InChI=1S/C13H19N3O2/c1-15-12-10(5-14-15)6-16(7-11(12)8-18-2)13(17)9-3-4-9/h5,9,11H,3-4,6-8H2,1-2H3/t11-/m0/s1. The lowest BCUT2D eigenvalue weighted by atomic mass is 9.96. The highest BCUT2D eigenvalue weighted by Crippen LogP contribution is 2.35. The molecule has 0 saturated heterocycles. The van der Waals surface area contributed by atoms with Crippen LogP contribution >= 0.6 is 0 Å². The summed E-state index contributed by atoms with van der Waals surface area (Å²) in [4.78, 5) is 14.2. The molecule has 1 aromatic rings. The van der Waals surface area contributed by atoms with E-state index in [1.807, 2.05) is 22.8 Å². The van der Waals surface area contributed by atoms with Crippen molar-refractivity contribution in [2.24, 2.45) is 13.0 Å². The summed E-state index contributed by atoms with van der Waals surface area (Å²) in [7, 11) is 3.66. The van der Waals surface area contributed by atoms with Crippen LogP contribution < -0.4 is 0 Å². The molecular weight excluding hydrogens is 230 g/mol. The molecule has 0 bridgehead atoms. The zero-order valence-electron chi connectivity index (χ0n) is 10.9. The molecule has 1 aromatic heterocycles. The molecule has 1 atom stereocenters. The molecule has 1 fully saturated rings. The second-order valence-electron chi connectivity index (χ2n) is 5.32. The van der Waals surface area contributed by atoms with E-state index in [1.165, 1.54) is 11.3 Å². The predicted octanol–water partition coefficient (Wildman–Crippen LogP) is 0.902. The number of nitrogens with zero attached hydrogens (tertiary/aromatic N) is 3. The van der Waals surface area contributed by atoms with E-state index >= 15 is 0 Å². The van der Waals surface area contributed by atoms with Gasteiger partial charge < -0.3 is 9.64 Å². The molecule has 1 saturated carbocycles. The Bertz CT molecular complexity index is 465. The molecule has 18 heavy (non-hydrogen) atoms. The van der Waals surface area contributed by atoms with Crippen molar-refractivity contribution in [2.45, 2.75) is 25.3 Å². The fourth-order valence-corrected chi connectivity index (χ4v) is 2.85. The van der Waals surface area contributed by atoms with Gasteiger partial charge in [0.25, 0.3) is 0 Å². The van der Waals surface area contributed by atoms with E-state index in [-0.39, 0.29) is 11.8 Å². The van der Waals surface area contributed by atoms with Crippen LogP contribution in [0.3, 0.4) is 0 Å².